The van der Waals surface area contributed by atoms with Gasteiger partial charge in [0, 0.05) is 37.7 Å². The van der Waals surface area contributed by atoms with Gasteiger partial charge in [-0.2, -0.15) is 0 Å². The summed E-state index contributed by atoms with van der Waals surface area (Å²) in [5.41, 5.74) is 5.59. The molecule has 2 heterocycles. The molecule has 1 aromatic rings. The van der Waals surface area contributed by atoms with Gasteiger partial charge in [-0.3, -0.25) is 24.1 Å². The lowest BCUT2D eigenvalue weighted by Crippen LogP contribution is -2.50. The van der Waals surface area contributed by atoms with Crippen molar-refractivity contribution in [3.8, 4) is 0 Å². The van der Waals surface area contributed by atoms with Crippen LogP contribution >= 0.6 is 0 Å². The number of imide groups is 1. The highest BCUT2D eigenvalue weighted by molar-refractivity contribution is 6.23. The van der Waals surface area contributed by atoms with Gasteiger partial charge in [-0.1, -0.05) is 27.7 Å². The second kappa shape index (κ2) is 8.78. The van der Waals surface area contributed by atoms with Gasteiger partial charge in [0.25, 0.3) is 5.91 Å². The summed E-state index contributed by atoms with van der Waals surface area (Å²) in [5, 5.41) is 0. The van der Waals surface area contributed by atoms with E-state index in [9.17, 15) is 19.2 Å². The molecule has 2 aliphatic heterocycles. The van der Waals surface area contributed by atoms with Crippen molar-refractivity contribution in [3.05, 3.63) is 29.8 Å². The number of amides is 4. The molecule has 9 heteroatoms. The number of carbonyl (C=O) groups is 4. The maximum Gasteiger partial charge on any atom is 0.257 e. The zero-order valence-electron chi connectivity index (χ0n) is 20.4. The molecule has 34 heavy (non-hydrogen) atoms. The molecule has 4 amide bonds. The predicted octanol–water partition coefficient (Wildman–Crippen LogP) is 1.26. The van der Waals surface area contributed by atoms with Gasteiger partial charge >= 0.3 is 0 Å². The Morgan fingerprint density at radius 2 is 1.65 bits per heavy atom. The Hall–Kier alpha value is -2.78. The van der Waals surface area contributed by atoms with Gasteiger partial charge < -0.3 is 15.4 Å². The highest BCUT2D eigenvalue weighted by Crippen LogP contribution is 2.69. The van der Waals surface area contributed by atoms with Gasteiger partial charge in [0.2, 0.25) is 17.7 Å². The summed E-state index contributed by atoms with van der Waals surface area (Å²) in [6.07, 6.45) is -0.0567. The summed E-state index contributed by atoms with van der Waals surface area (Å²) in [5.74, 6) is -1.64. The van der Waals surface area contributed by atoms with Crippen molar-refractivity contribution in [1.82, 2.24) is 9.80 Å². The van der Waals surface area contributed by atoms with Crippen LogP contribution in [0, 0.1) is 16.7 Å². The molecule has 1 saturated carbocycles. The Balaban J connectivity index is 1.57. The van der Waals surface area contributed by atoms with Gasteiger partial charge in [-0.05, 0) is 35.1 Å². The van der Waals surface area contributed by atoms with Crippen molar-refractivity contribution in [2.24, 2.45) is 22.5 Å². The van der Waals surface area contributed by atoms with Crippen molar-refractivity contribution in [2.75, 3.05) is 44.3 Å². The second-order valence-electron chi connectivity index (χ2n) is 10.6. The number of anilines is 1. The van der Waals surface area contributed by atoms with Crippen LogP contribution in [-0.2, 0) is 19.1 Å². The topological polar surface area (TPSA) is 113 Å². The predicted molar refractivity (Wildman–Crippen MR) is 126 cm³/mol. The molecule has 3 fully saturated rings. The van der Waals surface area contributed by atoms with Crippen LogP contribution in [0.3, 0.4) is 0 Å². The van der Waals surface area contributed by atoms with E-state index in [1.807, 2.05) is 0 Å². The molecule has 1 aromatic carbocycles. The maximum absolute atomic E-state index is 13.8. The summed E-state index contributed by atoms with van der Waals surface area (Å²) in [6.45, 7) is 12.1. The fourth-order valence-electron chi connectivity index (χ4n) is 5.38. The fraction of sp³-hybridized carbons (Fsp3) is 0.600. The Kier molecular flexibility index (Phi) is 6.29. The lowest BCUT2D eigenvalue weighted by molar-refractivity contribution is -0.140. The molecule has 9 nitrogen and oxygen atoms in total. The Bertz CT molecular complexity index is 983. The largest absolute Gasteiger partial charge is 0.379 e. The van der Waals surface area contributed by atoms with Crippen LogP contribution in [0.4, 0.5) is 5.69 Å². The molecule has 0 bridgehead atoms. The van der Waals surface area contributed by atoms with Gasteiger partial charge in [0.1, 0.15) is 6.04 Å². The molecule has 0 spiro atoms. The summed E-state index contributed by atoms with van der Waals surface area (Å²) < 4.78 is 5.42. The molecule has 2 N–H and O–H groups in total. The number of carbonyl (C=O) groups excluding carboxylic acids is 4. The Morgan fingerprint density at radius 1 is 1.06 bits per heavy atom. The van der Waals surface area contributed by atoms with Crippen molar-refractivity contribution in [2.45, 2.75) is 40.2 Å². The molecule has 1 aliphatic carbocycles. The highest BCUT2D eigenvalue weighted by Gasteiger charge is 2.69. The number of nitrogens with two attached hydrogens (primary N) is 1. The van der Waals surface area contributed by atoms with E-state index in [1.165, 1.54) is 24.3 Å². The molecular formula is C25H34N4O5. The number of hydrogen-bond acceptors (Lipinski definition) is 6. The van der Waals surface area contributed by atoms with Gasteiger partial charge in [-0.25, -0.2) is 4.90 Å². The van der Waals surface area contributed by atoms with Crippen LogP contribution in [0.5, 0.6) is 0 Å². The number of primary amides is 1. The van der Waals surface area contributed by atoms with Crippen LogP contribution in [0.2, 0.25) is 0 Å². The monoisotopic (exact) mass is 470 g/mol. The number of hydrogen-bond donors (Lipinski definition) is 1. The fourth-order valence-corrected chi connectivity index (χ4v) is 5.38. The normalized spacial score (nSPS) is 24.4. The second-order valence-corrected chi connectivity index (χ2v) is 10.6. The molecular weight excluding hydrogens is 436 g/mol. The average Bonchev–Trinajstić information content (AvgIpc) is 3.02. The van der Waals surface area contributed by atoms with Crippen LogP contribution in [-0.4, -0.2) is 78.9 Å². The smallest absolute Gasteiger partial charge is 0.257 e. The van der Waals surface area contributed by atoms with Crippen molar-refractivity contribution >= 4 is 29.3 Å². The van der Waals surface area contributed by atoms with Crippen LogP contribution in [0.25, 0.3) is 0 Å². The third-order valence-electron chi connectivity index (χ3n) is 8.22. The van der Waals surface area contributed by atoms with E-state index in [2.05, 4.69) is 32.6 Å². The Morgan fingerprint density at radius 3 is 2.18 bits per heavy atom. The minimum absolute atomic E-state index is 0.0567. The van der Waals surface area contributed by atoms with E-state index in [1.54, 1.807) is 4.90 Å². The van der Waals surface area contributed by atoms with Gasteiger partial charge in [0.15, 0.2) is 0 Å². The minimum atomic E-state index is -0.843. The van der Waals surface area contributed by atoms with E-state index < -0.39 is 17.9 Å². The Labute approximate surface area is 200 Å². The third kappa shape index (κ3) is 4.11. The summed E-state index contributed by atoms with van der Waals surface area (Å²) in [6, 6.07) is 5.20. The van der Waals surface area contributed by atoms with E-state index in [-0.39, 0.29) is 35.0 Å². The molecule has 184 valence electrons. The number of nitrogens with zero attached hydrogens (tertiary/aromatic N) is 3. The highest BCUT2D eigenvalue weighted by atomic mass is 16.5. The van der Waals surface area contributed by atoms with Crippen LogP contribution in [0.15, 0.2) is 24.3 Å². The van der Waals surface area contributed by atoms with Crippen molar-refractivity contribution in [3.63, 3.8) is 0 Å². The van der Waals surface area contributed by atoms with E-state index in [0.29, 0.717) is 37.6 Å². The lowest BCUT2D eigenvalue weighted by Gasteiger charge is -2.33. The first-order chi connectivity index (χ1) is 16.0. The first-order valence-electron chi connectivity index (χ1n) is 11.8. The third-order valence-corrected chi connectivity index (χ3v) is 8.22. The quantitative estimate of drug-likeness (QED) is 0.601. The lowest BCUT2D eigenvalue weighted by atomic mass is 10.0. The standard InChI is InChI=1S/C25H34N4O5/c1-24(2)20(25(24,3)4)23(33)28(10-9-27-11-13-34-14-12-27)18-15-19(30)29(22(18)32)17-7-5-16(6-8-17)21(26)31/h5-8,18,20H,9-15H2,1-4H3,(H2,26,31). The average molecular weight is 471 g/mol. The molecule has 2 saturated heterocycles. The van der Waals surface area contributed by atoms with Crippen molar-refractivity contribution < 1.29 is 23.9 Å². The summed E-state index contributed by atoms with van der Waals surface area (Å²) >= 11 is 0. The minimum Gasteiger partial charge on any atom is -0.379 e. The number of morpholine rings is 1. The summed E-state index contributed by atoms with van der Waals surface area (Å²) in [4.78, 5) is 56.5. The van der Waals surface area contributed by atoms with E-state index >= 15 is 0 Å². The SMILES string of the molecule is CC1(C)C(C(=O)N(CCN2CCOCC2)C2CC(=O)N(c3ccc(C(N)=O)cc3)C2=O)C1(C)C. The molecule has 1 atom stereocenters. The number of benzene rings is 1. The zero-order chi connectivity index (χ0) is 24.8. The van der Waals surface area contributed by atoms with Gasteiger partial charge in [-0.15, -0.1) is 0 Å². The first-order valence-corrected chi connectivity index (χ1v) is 11.8. The van der Waals surface area contributed by atoms with Crippen molar-refractivity contribution in [1.29, 1.82) is 0 Å². The van der Waals surface area contributed by atoms with E-state index in [0.717, 1.165) is 18.0 Å². The first kappa shape index (κ1) is 24.3. The summed E-state index contributed by atoms with van der Waals surface area (Å²) in [7, 11) is 0. The molecule has 4 rings (SSSR count). The maximum atomic E-state index is 13.8. The zero-order valence-corrected chi connectivity index (χ0v) is 20.4. The molecule has 0 radical (unpaired) electrons. The number of ether oxygens (including phenoxy) is 1. The van der Waals surface area contributed by atoms with E-state index in [4.69, 9.17) is 10.5 Å². The number of rotatable bonds is 7. The van der Waals surface area contributed by atoms with Gasteiger partial charge in [0.05, 0.1) is 25.3 Å². The molecule has 1 unspecified atom stereocenters. The van der Waals surface area contributed by atoms with Crippen LogP contribution < -0.4 is 10.6 Å². The molecule has 3 aliphatic rings. The van der Waals surface area contributed by atoms with Crippen LogP contribution in [0.1, 0.15) is 44.5 Å². The molecule has 0 aromatic heterocycles.